The fourth-order valence-electron chi connectivity index (χ4n) is 6.28. The number of carbonyl (C=O) groups is 3. The largest absolute Gasteiger partial charge is 0.464 e. The Labute approximate surface area is 512 Å². The SMILES string of the molecule is COC(=O)c1cc(Cl)ccn1.Cl.Clc1ccnc(-c2nnco2)c1.NNC(=O)c1cc(Cl)ccn1.Nc1cccc(Oc2ccnc(-c3nnco3)c2)c1.O=C(NCc1ccc(Cl)c(Cl)c1)Nc1cccc(Oc2ccnc(-c3nnco3)c2)c1. The summed E-state index contributed by atoms with van der Waals surface area (Å²) in [4.78, 5) is 53.7. The van der Waals surface area contributed by atoms with Crippen LogP contribution in [0.15, 0.2) is 191 Å². The number of hydrogen-bond donors (Lipinski definition) is 5. The highest BCUT2D eigenvalue weighted by molar-refractivity contribution is 6.42. The van der Waals surface area contributed by atoms with Crippen molar-refractivity contribution >= 4 is 99.7 Å². The summed E-state index contributed by atoms with van der Waals surface area (Å²) in [6.45, 7) is 0.300. The van der Waals surface area contributed by atoms with Crippen LogP contribution in [0.1, 0.15) is 26.5 Å². The number of hydrogen-bond acceptors (Lipinski definition) is 22. The molecule has 0 aliphatic carbocycles. The van der Waals surface area contributed by atoms with Crippen molar-refractivity contribution in [3.8, 4) is 57.8 Å². The first kappa shape index (κ1) is 64.3. The summed E-state index contributed by atoms with van der Waals surface area (Å²) in [6.07, 6.45) is 11.4. The van der Waals surface area contributed by atoms with Gasteiger partial charge in [0.2, 0.25) is 19.2 Å². The second-order valence-corrected chi connectivity index (χ2v) is 18.0. The van der Waals surface area contributed by atoms with Gasteiger partial charge in [-0.15, -0.1) is 43.0 Å². The van der Waals surface area contributed by atoms with Gasteiger partial charge in [-0.05, 0) is 90.5 Å². The van der Waals surface area contributed by atoms with E-state index in [0.717, 1.165) is 5.56 Å². The topological polar surface area (TPSA) is 348 Å². The van der Waals surface area contributed by atoms with Gasteiger partial charge < -0.3 is 43.8 Å². The fraction of sp³-hybridized carbons (Fsp3) is 0.0370. The van der Waals surface area contributed by atoms with E-state index < -0.39 is 11.9 Å². The van der Waals surface area contributed by atoms with E-state index in [1.54, 1.807) is 122 Å². The van der Waals surface area contributed by atoms with Gasteiger partial charge in [-0.25, -0.2) is 20.4 Å². The lowest BCUT2D eigenvalue weighted by Gasteiger charge is -2.10. The predicted molar refractivity (Wildman–Crippen MR) is 316 cm³/mol. The molecule has 31 heteroatoms. The highest BCUT2D eigenvalue weighted by Gasteiger charge is 2.12. The maximum Gasteiger partial charge on any atom is 0.356 e. The van der Waals surface area contributed by atoms with Crippen molar-refractivity contribution in [3.05, 3.63) is 220 Å². The standard InChI is InChI=1S/C21H15Cl2N5O3.C13H10N4O2.C7H4ClN3O.C7H6ClNO2.C6H6ClN3O.ClH/c22-17-5-4-13(8-18(17)23)11-25-21(29)27-14-2-1-3-15(9-14)31-16-6-7-24-19(10-16)20-28-26-12-30-20;14-9-2-1-3-10(6-9)19-11-4-5-15-12(7-11)13-17-16-8-18-13;8-5-1-2-9-6(3-5)7-11-10-4-12-7;1-11-7(10)6-4-5(8)2-3-9-6;7-4-1-2-9-5(3-4)6(11)10-8;/h1-10,12H,11H2,(H2,25,27,29);1-8H,14H2;1-4H;2-4H,1H3;1-3H,8H2,(H,10,11);1H. The zero-order valence-electron chi connectivity index (χ0n) is 43.5. The maximum atomic E-state index is 12.2. The molecule has 8 aromatic heterocycles. The van der Waals surface area contributed by atoms with Crippen LogP contribution in [0.5, 0.6) is 23.0 Å². The number of rotatable bonds is 12. The number of aromatic nitrogens is 11. The van der Waals surface area contributed by atoms with Crippen molar-refractivity contribution in [2.75, 3.05) is 18.2 Å². The molecule has 85 heavy (non-hydrogen) atoms. The van der Waals surface area contributed by atoms with E-state index in [1.165, 1.54) is 50.8 Å². The molecule has 11 aromatic rings. The molecule has 0 bridgehead atoms. The number of anilines is 2. The molecule has 0 fully saturated rings. The average molecular weight is 1270 g/mol. The molecule has 0 saturated carbocycles. The number of hydrazine groups is 1. The maximum absolute atomic E-state index is 12.2. The summed E-state index contributed by atoms with van der Waals surface area (Å²) < 4.78 is 31.1. The Morgan fingerprint density at radius 1 is 0.529 bits per heavy atom. The van der Waals surface area contributed by atoms with E-state index >= 15 is 0 Å². The van der Waals surface area contributed by atoms with Crippen molar-refractivity contribution < 1.29 is 41.8 Å². The van der Waals surface area contributed by atoms with Crippen LogP contribution in [0, 0.1) is 0 Å². The molecule has 434 valence electrons. The summed E-state index contributed by atoms with van der Waals surface area (Å²) >= 11 is 28.8. The molecule has 0 saturated heterocycles. The molecule has 0 unspecified atom stereocenters. The van der Waals surface area contributed by atoms with Crippen molar-refractivity contribution in [3.63, 3.8) is 0 Å². The summed E-state index contributed by atoms with van der Waals surface area (Å²) in [5, 5.41) is 30.0. The molecule has 0 radical (unpaired) electrons. The third-order valence-corrected chi connectivity index (χ3v) is 11.4. The number of ether oxygens (including phenoxy) is 3. The zero-order chi connectivity index (χ0) is 59.6. The van der Waals surface area contributed by atoms with Gasteiger partial charge in [-0.3, -0.25) is 30.2 Å². The zero-order valence-corrected chi connectivity index (χ0v) is 48.1. The molecule has 0 aliphatic heterocycles. The number of nitrogens with two attached hydrogens (primary N) is 2. The normalized spacial score (nSPS) is 9.96. The number of nitrogen functional groups attached to an aromatic ring is 2. The highest BCUT2D eigenvalue weighted by Crippen LogP contribution is 2.29. The van der Waals surface area contributed by atoms with Gasteiger partial charge in [0.25, 0.3) is 23.6 Å². The van der Waals surface area contributed by atoms with Crippen LogP contribution in [0.25, 0.3) is 34.8 Å². The second kappa shape index (κ2) is 33.3. The molecule has 25 nitrogen and oxygen atoms in total. The van der Waals surface area contributed by atoms with Crippen molar-refractivity contribution in [1.29, 1.82) is 0 Å². The Morgan fingerprint density at radius 2 is 1.01 bits per heavy atom. The van der Waals surface area contributed by atoms with Gasteiger partial charge >= 0.3 is 12.0 Å². The lowest BCUT2D eigenvalue weighted by Crippen LogP contribution is -2.30. The summed E-state index contributed by atoms with van der Waals surface area (Å²) in [5.41, 5.74) is 11.7. The van der Waals surface area contributed by atoms with E-state index in [2.05, 4.69) is 70.9 Å². The molecule has 3 aromatic carbocycles. The number of methoxy groups -OCH3 is 1. The van der Waals surface area contributed by atoms with Crippen LogP contribution < -0.4 is 37.1 Å². The Bertz CT molecular complexity index is 3840. The Hall–Kier alpha value is -9.86. The van der Waals surface area contributed by atoms with Gasteiger partial charge in [0.1, 0.15) is 51.5 Å². The molecule has 3 amide bonds. The molecule has 7 N–H and O–H groups in total. The molecular weight excluding hydrogens is 1230 g/mol. The average Bonchev–Trinajstić information content (AvgIpc) is 4.59. The minimum absolute atomic E-state index is 0. The summed E-state index contributed by atoms with van der Waals surface area (Å²) in [6, 6.07) is 35.2. The number of nitrogens with one attached hydrogen (secondary N) is 3. The van der Waals surface area contributed by atoms with Gasteiger partial charge in [-0.2, -0.15) is 0 Å². The number of carbonyl (C=O) groups excluding carboxylic acids is 3. The lowest BCUT2D eigenvalue weighted by molar-refractivity contribution is 0.0593. The van der Waals surface area contributed by atoms with Crippen molar-refractivity contribution in [2.45, 2.75) is 6.54 Å². The third kappa shape index (κ3) is 21.1. The van der Waals surface area contributed by atoms with Crippen LogP contribution in [0.2, 0.25) is 25.1 Å². The summed E-state index contributed by atoms with van der Waals surface area (Å²) in [5.74, 6) is 7.29. The first-order valence-corrected chi connectivity index (χ1v) is 25.6. The number of esters is 1. The predicted octanol–water partition coefficient (Wildman–Crippen LogP) is 12.1. The third-order valence-electron chi connectivity index (χ3n) is 9.98. The van der Waals surface area contributed by atoms with E-state index in [9.17, 15) is 14.4 Å². The Balaban J connectivity index is 0.000000183. The molecule has 11 rings (SSSR count). The van der Waals surface area contributed by atoms with E-state index in [-0.39, 0.29) is 29.8 Å². The van der Waals surface area contributed by atoms with Crippen LogP contribution in [-0.4, -0.2) is 80.5 Å². The highest BCUT2D eigenvalue weighted by atomic mass is 35.5. The van der Waals surface area contributed by atoms with Crippen molar-refractivity contribution in [1.82, 2.24) is 66.3 Å². The number of halogens is 6. The molecule has 0 aliphatic rings. The smallest absolute Gasteiger partial charge is 0.356 e. The van der Waals surface area contributed by atoms with Gasteiger partial charge in [0.15, 0.2) is 0 Å². The lowest BCUT2D eigenvalue weighted by atomic mass is 10.2. The first-order chi connectivity index (χ1) is 40.7. The molecule has 8 heterocycles. The molecule has 0 spiro atoms. The van der Waals surface area contributed by atoms with Crippen LogP contribution >= 0.6 is 70.4 Å². The Kier molecular flexibility index (Phi) is 25.2. The summed E-state index contributed by atoms with van der Waals surface area (Å²) in [7, 11) is 1.30. The van der Waals surface area contributed by atoms with Crippen LogP contribution in [0.3, 0.4) is 0 Å². The molecule has 0 atom stereocenters. The number of urea groups is 1. The Morgan fingerprint density at radius 3 is 1.51 bits per heavy atom. The van der Waals surface area contributed by atoms with Gasteiger partial charge in [0, 0.05) is 88.2 Å². The van der Waals surface area contributed by atoms with E-state index in [4.69, 9.17) is 92.3 Å². The second-order valence-electron chi connectivity index (χ2n) is 15.9. The quantitative estimate of drug-likeness (QED) is 0.0249. The first-order valence-electron chi connectivity index (χ1n) is 23.7. The number of pyridine rings is 5. The minimum atomic E-state index is -0.479. The van der Waals surface area contributed by atoms with E-state index in [1.807, 2.05) is 17.6 Å². The van der Waals surface area contributed by atoms with E-state index in [0.29, 0.717) is 101 Å². The minimum Gasteiger partial charge on any atom is -0.464 e. The number of amides is 3. The fourth-order valence-corrected chi connectivity index (χ4v) is 7.08. The number of nitrogens with zero attached hydrogens (tertiary/aromatic N) is 11. The van der Waals surface area contributed by atoms with Crippen LogP contribution in [-0.2, 0) is 11.3 Å². The molecular formula is C54H42Cl6N16O9. The van der Waals surface area contributed by atoms with Gasteiger partial charge in [0.05, 0.1) is 17.2 Å². The number of benzene rings is 3. The monoisotopic (exact) mass is 1270 g/mol. The van der Waals surface area contributed by atoms with Crippen LogP contribution in [0.4, 0.5) is 16.2 Å². The van der Waals surface area contributed by atoms with Gasteiger partial charge in [-0.1, -0.05) is 76.2 Å². The van der Waals surface area contributed by atoms with Crippen molar-refractivity contribution in [2.24, 2.45) is 5.84 Å².